The van der Waals surface area contributed by atoms with Gasteiger partial charge in [-0.1, -0.05) is 12.1 Å². The predicted molar refractivity (Wildman–Crippen MR) is 114 cm³/mol. The molecule has 1 saturated heterocycles. The number of methoxy groups -OCH3 is 1. The summed E-state index contributed by atoms with van der Waals surface area (Å²) < 4.78 is 23.6. The fourth-order valence-corrected chi connectivity index (χ4v) is 4.03. The minimum atomic E-state index is -1.69. The summed E-state index contributed by atoms with van der Waals surface area (Å²) in [5.41, 5.74) is -0.841. The SMILES string of the molecule is CCOC(=O)C1CC(C)(C(=O)O)N(C(=O)Nc2ccc(F)cc2)C1c1ccc(OC)cc1. The van der Waals surface area contributed by atoms with Crippen molar-refractivity contribution in [3.05, 3.63) is 59.9 Å². The van der Waals surface area contributed by atoms with Crippen LogP contribution in [0.2, 0.25) is 0 Å². The molecule has 2 aromatic carbocycles. The van der Waals surface area contributed by atoms with Crippen LogP contribution in [0.15, 0.2) is 48.5 Å². The first-order valence-corrected chi connectivity index (χ1v) is 10.1. The molecule has 2 aromatic rings. The maximum atomic E-state index is 13.3. The highest BCUT2D eigenvalue weighted by Gasteiger charge is 2.58. The van der Waals surface area contributed by atoms with Crippen molar-refractivity contribution in [2.75, 3.05) is 19.0 Å². The van der Waals surface area contributed by atoms with Gasteiger partial charge in [-0.25, -0.2) is 14.0 Å². The molecule has 2 N–H and O–H groups in total. The van der Waals surface area contributed by atoms with Gasteiger partial charge in [-0.2, -0.15) is 0 Å². The lowest BCUT2D eigenvalue weighted by Crippen LogP contribution is -2.53. The van der Waals surface area contributed by atoms with Gasteiger partial charge in [0.25, 0.3) is 0 Å². The van der Waals surface area contributed by atoms with Gasteiger partial charge in [-0.15, -0.1) is 0 Å². The van der Waals surface area contributed by atoms with Crippen LogP contribution in [0.4, 0.5) is 14.9 Å². The Morgan fingerprint density at radius 3 is 2.31 bits per heavy atom. The summed E-state index contributed by atoms with van der Waals surface area (Å²) in [6, 6.07) is 10.2. The molecule has 1 aliphatic heterocycles. The monoisotopic (exact) mass is 444 g/mol. The lowest BCUT2D eigenvalue weighted by atomic mass is 9.90. The normalized spacial score (nSPS) is 22.3. The van der Waals surface area contributed by atoms with Crippen LogP contribution in [0.1, 0.15) is 31.9 Å². The standard InChI is InChI=1S/C23H25FN2O6/c1-4-32-20(27)18-13-23(2,21(28)29)26(19(18)14-5-11-17(31-3)12-6-14)22(30)25-16-9-7-15(24)8-10-16/h5-12,18-19H,4,13H2,1-3H3,(H,25,30)(H,28,29). The average Bonchev–Trinajstić information content (AvgIpc) is 3.10. The lowest BCUT2D eigenvalue weighted by molar-refractivity contribution is -0.148. The van der Waals surface area contributed by atoms with E-state index in [-0.39, 0.29) is 18.7 Å². The number of carbonyl (C=O) groups excluding carboxylic acids is 2. The molecule has 1 heterocycles. The molecule has 0 aromatic heterocycles. The van der Waals surface area contributed by atoms with Crippen LogP contribution < -0.4 is 10.1 Å². The summed E-state index contributed by atoms with van der Waals surface area (Å²) in [5.74, 6) is -2.64. The number of hydrogen-bond acceptors (Lipinski definition) is 5. The van der Waals surface area contributed by atoms with E-state index >= 15 is 0 Å². The number of halogens is 1. The second-order valence-electron chi connectivity index (χ2n) is 7.67. The summed E-state index contributed by atoms with van der Waals surface area (Å²) in [5, 5.41) is 12.6. The molecule has 2 amide bonds. The fraction of sp³-hybridized carbons (Fsp3) is 0.348. The lowest BCUT2D eigenvalue weighted by Gasteiger charge is -2.35. The number of amides is 2. The first kappa shape index (κ1) is 23.1. The maximum absolute atomic E-state index is 13.3. The van der Waals surface area contributed by atoms with Crippen LogP contribution in [0.25, 0.3) is 0 Å². The minimum absolute atomic E-state index is 0.121. The highest BCUT2D eigenvalue weighted by molar-refractivity contribution is 5.96. The Labute approximate surface area is 184 Å². The summed E-state index contributed by atoms with van der Waals surface area (Å²) in [4.78, 5) is 39.6. The molecule has 8 nitrogen and oxygen atoms in total. The third kappa shape index (κ3) is 4.37. The van der Waals surface area contributed by atoms with Crippen molar-refractivity contribution < 1.29 is 33.4 Å². The van der Waals surface area contributed by atoms with Gasteiger partial charge in [0.2, 0.25) is 0 Å². The molecule has 0 spiro atoms. The number of nitrogens with one attached hydrogen (secondary N) is 1. The molecule has 0 radical (unpaired) electrons. The number of likely N-dealkylation sites (tertiary alicyclic amines) is 1. The molecule has 170 valence electrons. The van der Waals surface area contributed by atoms with Gasteiger partial charge in [0, 0.05) is 5.69 Å². The van der Waals surface area contributed by atoms with E-state index in [0.29, 0.717) is 11.3 Å². The van der Waals surface area contributed by atoms with E-state index in [4.69, 9.17) is 9.47 Å². The molecule has 0 saturated carbocycles. The Hall–Kier alpha value is -3.62. The van der Waals surface area contributed by atoms with Gasteiger partial charge in [0.15, 0.2) is 0 Å². The van der Waals surface area contributed by atoms with E-state index in [1.807, 2.05) is 0 Å². The minimum Gasteiger partial charge on any atom is -0.497 e. The topological polar surface area (TPSA) is 105 Å². The first-order valence-electron chi connectivity index (χ1n) is 10.1. The van der Waals surface area contributed by atoms with Crippen molar-refractivity contribution in [1.29, 1.82) is 0 Å². The number of carboxylic acid groups (broad SMARTS) is 1. The number of urea groups is 1. The number of hydrogen-bond donors (Lipinski definition) is 2. The number of esters is 1. The van der Waals surface area contributed by atoms with E-state index in [1.54, 1.807) is 31.2 Å². The summed E-state index contributed by atoms with van der Waals surface area (Å²) in [6.07, 6.45) is -0.130. The van der Waals surface area contributed by atoms with Crippen molar-refractivity contribution in [2.45, 2.75) is 31.8 Å². The van der Waals surface area contributed by atoms with E-state index in [1.165, 1.54) is 38.3 Å². The number of rotatable bonds is 6. The zero-order valence-electron chi connectivity index (χ0n) is 18.0. The number of carboxylic acids is 1. The number of benzene rings is 2. The largest absolute Gasteiger partial charge is 0.497 e. The number of anilines is 1. The van der Waals surface area contributed by atoms with Crippen LogP contribution >= 0.6 is 0 Å². The molecule has 0 aliphatic carbocycles. The van der Waals surface area contributed by atoms with Crippen LogP contribution in [-0.4, -0.2) is 47.2 Å². The molecule has 1 aliphatic rings. The second-order valence-corrected chi connectivity index (χ2v) is 7.67. The van der Waals surface area contributed by atoms with Crippen molar-refractivity contribution >= 4 is 23.7 Å². The highest BCUT2D eigenvalue weighted by Crippen LogP contribution is 2.48. The van der Waals surface area contributed by atoms with Crippen molar-refractivity contribution in [1.82, 2.24) is 4.90 Å². The van der Waals surface area contributed by atoms with E-state index in [0.717, 1.165) is 4.90 Å². The Morgan fingerprint density at radius 1 is 1.16 bits per heavy atom. The Kier molecular flexibility index (Phi) is 6.67. The molecule has 3 unspecified atom stereocenters. The van der Waals surface area contributed by atoms with Gasteiger partial charge in [-0.3, -0.25) is 4.79 Å². The van der Waals surface area contributed by atoms with Crippen LogP contribution in [-0.2, 0) is 14.3 Å². The van der Waals surface area contributed by atoms with Crippen LogP contribution in [0.3, 0.4) is 0 Å². The Balaban J connectivity index is 2.07. The maximum Gasteiger partial charge on any atom is 0.329 e. The number of carbonyl (C=O) groups is 3. The van der Waals surface area contributed by atoms with E-state index < -0.39 is 41.3 Å². The second kappa shape index (κ2) is 9.25. The van der Waals surface area contributed by atoms with Gasteiger partial charge < -0.3 is 24.8 Å². The fourth-order valence-electron chi connectivity index (χ4n) is 4.03. The molecule has 3 atom stereocenters. The zero-order valence-corrected chi connectivity index (χ0v) is 18.0. The van der Waals surface area contributed by atoms with Crippen LogP contribution in [0, 0.1) is 11.7 Å². The molecule has 9 heteroatoms. The first-order chi connectivity index (χ1) is 15.2. The molecular weight excluding hydrogens is 419 g/mol. The van der Waals surface area contributed by atoms with Crippen molar-refractivity contribution in [3.8, 4) is 5.75 Å². The smallest absolute Gasteiger partial charge is 0.329 e. The quantitative estimate of drug-likeness (QED) is 0.656. The number of aliphatic carboxylic acids is 1. The number of ether oxygens (including phenoxy) is 2. The zero-order chi connectivity index (χ0) is 23.5. The van der Waals surface area contributed by atoms with Gasteiger partial charge in [0.05, 0.1) is 25.7 Å². The van der Waals surface area contributed by atoms with Crippen molar-refractivity contribution in [2.24, 2.45) is 5.92 Å². The number of nitrogens with zero attached hydrogens (tertiary/aromatic N) is 1. The molecule has 0 bridgehead atoms. The molecule has 32 heavy (non-hydrogen) atoms. The van der Waals surface area contributed by atoms with E-state index in [9.17, 15) is 23.9 Å². The van der Waals surface area contributed by atoms with Crippen LogP contribution in [0.5, 0.6) is 5.75 Å². The van der Waals surface area contributed by atoms with E-state index in [2.05, 4.69) is 5.32 Å². The molecule has 1 fully saturated rings. The van der Waals surface area contributed by atoms with Gasteiger partial charge >= 0.3 is 18.0 Å². The summed E-state index contributed by atoms with van der Waals surface area (Å²) in [6.45, 7) is 3.18. The predicted octanol–water partition coefficient (Wildman–Crippen LogP) is 3.84. The van der Waals surface area contributed by atoms with Gasteiger partial charge in [0.1, 0.15) is 17.1 Å². The highest BCUT2D eigenvalue weighted by atomic mass is 19.1. The Bertz CT molecular complexity index is 995. The molecule has 3 rings (SSSR count). The summed E-state index contributed by atoms with van der Waals surface area (Å²) >= 11 is 0. The third-order valence-electron chi connectivity index (χ3n) is 5.63. The third-order valence-corrected chi connectivity index (χ3v) is 5.63. The summed E-state index contributed by atoms with van der Waals surface area (Å²) in [7, 11) is 1.51. The van der Waals surface area contributed by atoms with Crippen molar-refractivity contribution in [3.63, 3.8) is 0 Å². The molecular formula is C23H25FN2O6. The Morgan fingerprint density at radius 2 is 1.78 bits per heavy atom. The van der Waals surface area contributed by atoms with Gasteiger partial charge in [-0.05, 0) is 62.2 Å². The average molecular weight is 444 g/mol.